The molecule has 1 N–H and O–H groups in total. The van der Waals surface area contributed by atoms with Gasteiger partial charge in [0.2, 0.25) is 0 Å². The highest BCUT2D eigenvalue weighted by Crippen LogP contribution is 2.41. The fraction of sp³-hybridized carbons (Fsp3) is 0.824. The Labute approximate surface area is 127 Å². The van der Waals surface area contributed by atoms with Crippen molar-refractivity contribution >= 4 is 11.3 Å². The van der Waals surface area contributed by atoms with Gasteiger partial charge in [0.15, 0.2) is 0 Å². The topological polar surface area (TPSA) is 24.9 Å². The van der Waals surface area contributed by atoms with Crippen LogP contribution in [0.25, 0.3) is 0 Å². The monoisotopic (exact) mass is 292 g/mol. The highest BCUT2D eigenvalue weighted by molar-refractivity contribution is 7.11. The van der Waals surface area contributed by atoms with E-state index in [1.807, 2.05) is 11.3 Å². The number of hydrogen-bond donors (Lipinski definition) is 1. The normalized spacial score (nSPS) is 30.2. The summed E-state index contributed by atoms with van der Waals surface area (Å²) in [5.74, 6) is 2.37. The van der Waals surface area contributed by atoms with E-state index in [0.717, 1.165) is 24.9 Å². The van der Waals surface area contributed by atoms with E-state index in [-0.39, 0.29) is 0 Å². The van der Waals surface area contributed by atoms with Gasteiger partial charge >= 0.3 is 0 Å². The molecule has 112 valence electrons. The Bertz CT molecular complexity index is 432. The zero-order chi connectivity index (χ0) is 13.9. The van der Waals surface area contributed by atoms with Gasteiger partial charge in [-0.2, -0.15) is 0 Å². The highest BCUT2D eigenvalue weighted by atomic mass is 32.1. The summed E-state index contributed by atoms with van der Waals surface area (Å²) >= 11 is 2.04. The van der Waals surface area contributed by atoms with Crippen molar-refractivity contribution in [2.24, 2.45) is 5.92 Å². The van der Waals surface area contributed by atoms with Gasteiger partial charge in [-0.25, -0.2) is 4.98 Å². The number of nitrogens with one attached hydrogen (secondary N) is 1. The molecule has 0 amide bonds. The van der Waals surface area contributed by atoms with Crippen molar-refractivity contribution in [2.45, 2.75) is 70.6 Å². The number of thiazole rings is 1. The molecule has 3 rings (SSSR count). The molecular weight excluding hydrogens is 264 g/mol. The second-order valence-corrected chi connectivity index (χ2v) is 7.83. The molecule has 2 aliphatic carbocycles. The molecule has 0 bridgehead atoms. The molecule has 1 atom stereocenters. The maximum atomic E-state index is 5.11. The van der Waals surface area contributed by atoms with Crippen molar-refractivity contribution in [3.05, 3.63) is 15.6 Å². The van der Waals surface area contributed by atoms with Crippen LogP contribution in [-0.4, -0.2) is 18.1 Å². The van der Waals surface area contributed by atoms with Gasteiger partial charge in [-0.15, -0.1) is 11.3 Å². The Morgan fingerprint density at radius 3 is 2.75 bits per heavy atom. The summed E-state index contributed by atoms with van der Waals surface area (Å²) in [6.07, 6.45) is 9.48. The van der Waals surface area contributed by atoms with Crippen LogP contribution < -0.4 is 5.32 Å². The lowest BCUT2D eigenvalue weighted by Crippen LogP contribution is -2.24. The number of aromatic nitrogens is 1. The molecule has 1 aromatic rings. The Hall–Kier alpha value is -0.410. The van der Waals surface area contributed by atoms with Gasteiger partial charge < -0.3 is 5.32 Å². The predicted molar refractivity (Wildman–Crippen MR) is 86.7 cm³/mol. The van der Waals surface area contributed by atoms with Gasteiger partial charge in [0, 0.05) is 23.3 Å². The molecule has 0 saturated heterocycles. The standard InChI is InChI=1S/C17H28N2S/c1-3-18-11-14-5-4-6-15-16(14)19-17(20-15)13-9-7-12(2)8-10-13/h12-14,18H,3-11H2,1-2H3. The molecule has 0 radical (unpaired) electrons. The van der Waals surface area contributed by atoms with Crippen molar-refractivity contribution < 1.29 is 0 Å². The Balaban J connectivity index is 1.73. The largest absolute Gasteiger partial charge is 0.316 e. The van der Waals surface area contributed by atoms with Crippen LogP contribution in [0.1, 0.15) is 79.8 Å². The quantitative estimate of drug-likeness (QED) is 0.886. The lowest BCUT2D eigenvalue weighted by molar-refractivity contribution is 0.347. The lowest BCUT2D eigenvalue weighted by atomic mass is 9.83. The van der Waals surface area contributed by atoms with Crippen molar-refractivity contribution in [1.29, 1.82) is 0 Å². The fourth-order valence-electron chi connectivity index (χ4n) is 3.73. The third-order valence-electron chi connectivity index (χ3n) is 5.09. The van der Waals surface area contributed by atoms with Crippen LogP contribution in [0.4, 0.5) is 0 Å². The maximum Gasteiger partial charge on any atom is 0.0962 e. The number of fused-ring (bicyclic) bond motifs is 1. The van der Waals surface area contributed by atoms with Crippen molar-refractivity contribution in [1.82, 2.24) is 10.3 Å². The molecular formula is C17H28N2S. The summed E-state index contributed by atoms with van der Waals surface area (Å²) in [6, 6.07) is 0. The van der Waals surface area contributed by atoms with E-state index in [9.17, 15) is 0 Å². The summed E-state index contributed by atoms with van der Waals surface area (Å²) in [7, 11) is 0. The summed E-state index contributed by atoms with van der Waals surface area (Å²) in [5.41, 5.74) is 1.45. The molecule has 0 aromatic carbocycles. The first-order valence-electron chi connectivity index (χ1n) is 8.48. The third-order valence-corrected chi connectivity index (χ3v) is 6.39. The van der Waals surface area contributed by atoms with Gasteiger partial charge in [0.25, 0.3) is 0 Å². The molecule has 0 spiro atoms. The average molecular weight is 292 g/mol. The van der Waals surface area contributed by atoms with Crippen molar-refractivity contribution in [2.75, 3.05) is 13.1 Å². The van der Waals surface area contributed by atoms with E-state index >= 15 is 0 Å². The Morgan fingerprint density at radius 1 is 1.20 bits per heavy atom. The third kappa shape index (κ3) is 3.09. The first-order valence-corrected chi connectivity index (χ1v) is 9.29. The van der Waals surface area contributed by atoms with Crippen LogP contribution in [0, 0.1) is 5.92 Å². The summed E-state index contributed by atoms with van der Waals surface area (Å²) in [4.78, 5) is 6.72. The first kappa shape index (κ1) is 14.5. The van der Waals surface area contributed by atoms with Crippen LogP contribution in [0.3, 0.4) is 0 Å². The number of hydrogen-bond acceptors (Lipinski definition) is 3. The van der Waals surface area contributed by atoms with Gasteiger partial charge in [-0.1, -0.05) is 26.7 Å². The molecule has 1 heterocycles. The van der Waals surface area contributed by atoms with Gasteiger partial charge in [0.1, 0.15) is 0 Å². The summed E-state index contributed by atoms with van der Waals surface area (Å²) in [5, 5.41) is 4.98. The van der Waals surface area contributed by atoms with E-state index in [4.69, 9.17) is 4.98 Å². The molecule has 3 heteroatoms. The number of likely N-dealkylation sites (N-methyl/N-ethyl adjacent to an activating group) is 1. The second kappa shape index (κ2) is 6.57. The minimum atomic E-state index is 0.672. The molecule has 1 fully saturated rings. The van der Waals surface area contributed by atoms with E-state index in [1.165, 1.54) is 55.6 Å². The molecule has 1 aromatic heterocycles. The SMILES string of the molecule is CCNCC1CCCc2sc(C3CCC(C)CC3)nc21. The van der Waals surface area contributed by atoms with E-state index in [0.29, 0.717) is 5.92 Å². The number of rotatable bonds is 4. The molecule has 2 nitrogen and oxygen atoms in total. The fourth-order valence-corrected chi connectivity index (χ4v) is 5.09. The first-order chi connectivity index (χ1) is 9.78. The van der Waals surface area contributed by atoms with E-state index < -0.39 is 0 Å². The predicted octanol–water partition coefficient (Wildman–Crippen LogP) is 4.47. The van der Waals surface area contributed by atoms with E-state index in [2.05, 4.69) is 19.2 Å². The van der Waals surface area contributed by atoms with E-state index in [1.54, 1.807) is 4.88 Å². The minimum Gasteiger partial charge on any atom is -0.316 e. The van der Waals surface area contributed by atoms with Gasteiger partial charge in [0.05, 0.1) is 10.7 Å². The summed E-state index contributed by atoms with van der Waals surface area (Å²) < 4.78 is 0. The number of nitrogens with zero attached hydrogens (tertiary/aromatic N) is 1. The summed E-state index contributed by atoms with van der Waals surface area (Å²) in [6.45, 7) is 6.78. The van der Waals surface area contributed by atoms with Crippen LogP contribution in [0.2, 0.25) is 0 Å². The molecule has 0 aliphatic heterocycles. The van der Waals surface area contributed by atoms with Crippen LogP contribution in [0.5, 0.6) is 0 Å². The second-order valence-electron chi connectivity index (χ2n) is 6.71. The zero-order valence-corrected chi connectivity index (χ0v) is 13.8. The molecule has 1 unspecified atom stereocenters. The lowest BCUT2D eigenvalue weighted by Gasteiger charge is -2.24. The van der Waals surface area contributed by atoms with Crippen molar-refractivity contribution in [3.63, 3.8) is 0 Å². The molecule has 20 heavy (non-hydrogen) atoms. The minimum absolute atomic E-state index is 0.672. The van der Waals surface area contributed by atoms with Crippen molar-refractivity contribution in [3.8, 4) is 0 Å². The van der Waals surface area contributed by atoms with Crippen LogP contribution >= 0.6 is 11.3 Å². The van der Waals surface area contributed by atoms with Crippen LogP contribution in [0.15, 0.2) is 0 Å². The smallest absolute Gasteiger partial charge is 0.0962 e. The zero-order valence-electron chi connectivity index (χ0n) is 13.0. The molecule has 1 saturated carbocycles. The molecule has 2 aliphatic rings. The average Bonchev–Trinajstić information content (AvgIpc) is 2.90. The van der Waals surface area contributed by atoms with Gasteiger partial charge in [-0.05, 0) is 44.6 Å². The Morgan fingerprint density at radius 2 is 2.00 bits per heavy atom. The van der Waals surface area contributed by atoms with Gasteiger partial charge in [-0.3, -0.25) is 0 Å². The number of aryl methyl sites for hydroxylation is 1. The Kier molecular flexibility index (Phi) is 4.77. The van der Waals surface area contributed by atoms with Crippen LogP contribution in [-0.2, 0) is 6.42 Å². The highest BCUT2D eigenvalue weighted by Gasteiger charge is 2.28. The maximum absolute atomic E-state index is 5.11.